The number of piperidine rings is 1. The van der Waals surface area contributed by atoms with Crippen molar-refractivity contribution in [2.45, 2.75) is 12.8 Å². The molecule has 1 aromatic heterocycles. The summed E-state index contributed by atoms with van der Waals surface area (Å²) in [6, 6.07) is 11.7. The monoisotopic (exact) mass is 284 g/mol. The third-order valence-electron chi connectivity index (χ3n) is 4.18. The first-order chi connectivity index (χ1) is 10.3. The number of hydrogen-bond acceptors (Lipinski definition) is 2. The highest BCUT2D eigenvalue weighted by atomic mass is 16.3. The maximum Gasteiger partial charge on any atom is 0.253 e. The first kappa shape index (κ1) is 13.9. The minimum atomic E-state index is 0.0884. The van der Waals surface area contributed by atoms with Crippen LogP contribution in [0, 0.1) is 5.92 Å². The van der Waals surface area contributed by atoms with Crippen molar-refractivity contribution in [2.24, 2.45) is 5.92 Å². The topological polar surface area (TPSA) is 45.5 Å². The van der Waals surface area contributed by atoms with Crippen LogP contribution in [0.4, 0.5) is 0 Å². The first-order valence-corrected chi connectivity index (χ1v) is 7.41. The van der Waals surface area contributed by atoms with Crippen molar-refractivity contribution in [1.82, 2.24) is 9.47 Å². The SMILES string of the molecule is O=C(c1ccc(-n2cccc2)cc1)N1CCC(CO)CC1. The van der Waals surface area contributed by atoms with E-state index in [1.54, 1.807) is 0 Å². The van der Waals surface area contributed by atoms with E-state index in [0.717, 1.165) is 37.2 Å². The fourth-order valence-corrected chi connectivity index (χ4v) is 2.78. The van der Waals surface area contributed by atoms with Gasteiger partial charge in [0, 0.05) is 43.3 Å². The number of aliphatic hydroxyl groups excluding tert-OH is 1. The molecule has 1 aliphatic rings. The molecule has 1 aliphatic heterocycles. The second-order valence-corrected chi connectivity index (χ2v) is 5.56. The molecule has 1 saturated heterocycles. The van der Waals surface area contributed by atoms with Crippen LogP contribution < -0.4 is 0 Å². The van der Waals surface area contributed by atoms with Gasteiger partial charge in [0.2, 0.25) is 0 Å². The minimum absolute atomic E-state index is 0.0884. The van der Waals surface area contributed by atoms with Crippen molar-refractivity contribution < 1.29 is 9.90 Å². The molecule has 1 fully saturated rings. The summed E-state index contributed by atoms with van der Waals surface area (Å²) < 4.78 is 2.01. The smallest absolute Gasteiger partial charge is 0.253 e. The lowest BCUT2D eigenvalue weighted by Crippen LogP contribution is -2.39. The third kappa shape index (κ3) is 3.00. The van der Waals surface area contributed by atoms with Gasteiger partial charge >= 0.3 is 0 Å². The van der Waals surface area contributed by atoms with Gasteiger partial charge in [-0.25, -0.2) is 0 Å². The fourth-order valence-electron chi connectivity index (χ4n) is 2.78. The molecule has 2 aromatic rings. The van der Waals surface area contributed by atoms with Crippen LogP contribution >= 0.6 is 0 Å². The summed E-state index contributed by atoms with van der Waals surface area (Å²) in [5, 5.41) is 9.15. The Labute approximate surface area is 124 Å². The molecule has 4 nitrogen and oxygen atoms in total. The number of aromatic nitrogens is 1. The standard InChI is InChI=1S/C17H20N2O2/c20-13-14-7-11-19(12-8-14)17(21)15-3-5-16(6-4-15)18-9-1-2-10-18/h1-6,9-10,14,20H,7-8,11-13H2. The van der Waals surface area contributed by atoms with E-state index in [2.05, 4.69) is 0 Å². The molecule has 0 radical (unpaired) electrons. The maximum atomic E-state index is 12.4. The van der Waals surface area contributed by atoms with E-state index >= 15 is 0 Å². The second kappa shape index (κ2) is 6.14. The molecule has 1 N–H and O–H groups in total. The zero-order valence-electron chi connectivity index (χ0n) is 12.0. The predicted octanol–water partition coefficient (Wildman–Crippen LogP) is 2.32. The van der Waals surface area contributed by atoms with Crippen molar-refractivity contribution in [3.05, 3.63) is 54.4 Å². The lowest BCUT2D eigenvalue weighted by molar-refractivity contribution is 0.0651. The Morgan fingerprint density at radius 3 is 2.29 bits per heavy atom. The van der Waals surface area contributed by atoms with Crippen LogP contribution in [-0.4, -0.2) is 40.2 Å². The van der Waals surface area contributed by atoms with Gasteiger partial charge in [-0.2, -0.15) is 0 Å². The number of nitrogens with zero attached hydrogens (tertiary/aromatic N) is 2. The third-order valence-corrected chi connectivity index (χ3v) is 4.18. The Morgan fingerprint density at radius 2 is 1.71 bits per heavy atom. The molecular formula is C17H20N2O2. The highest BCUT2D eigenvalue weighted by Crippen LogP contribution is 2.19. The van der Waals surface area contributed by atoms with Crippen LogP contribution in [0.1, 0.15) is 23.2 Å². The second-order valence-electron chi connectivity index (χ2n) is 5.56. The molecule has 0 spiro atoms. The Morgan fingerprint density at radius 1 is 1.10 bits per heavy atom. The zero-order chi connectivity index (χ0) is 14.7. The molecular weight excluding hydrogens is 264 g/mol. The van der Waals surface area contributed by atoms with E-state index in [4.69, 9.17) is 5.11 Å². The molecule has 0 saturated carbocycles. The number of likely N-dealkylation sites (tertiary alicyclic amines) is 1. The van der Waals surface area contributed by atoms with Gasteiger partial charge in [-0.3, -0.25) is 4.79 Å². The summed E-state index contributed by atoms with van der Waals surface area (Å²) in [6.07, 6.45) is 5.75. The van der Waals surface area contributed by atoms with Crippen LogP contribution in [0.25, 0.3) is 5.69 Å². The number of benzene rings is 1. The van der Waals surface area contributed by atoms with Crippen molar-refractivity contribution in [1.29, 1.82) is 0 Å². The van der Waals surface area contributed by atoms with Crippen LogP contribution in [0.15, 0.2) is 48.8 Å². The average Bonchev–Trinajstić information content (AvgIpc) is 3.09. The number of amides is 1. The van der Waals surface area contributed by atoms with Gasteiger partial charge in [-0.15, -0.1) is 0 Å². The number of carbonyl (C=O) groups excluding carboxylic acids is 1. The first-order valence-electron chi connectivity index (χ1n) is 7.41. The summed E-state index contributed by atoms with van der Waals surface area (Å²) >= 11 is 0. The van der Waals surface area contributed by atoms with E-state index in [1.807, 2.05) is 58.3 Å². The molecule has 4 heteroatoms. The van der Waals surface area contributed by atoms with Gasteiger partial charge in [0.05, 0.1) is 0 Å². The molecule has 0 bridgehead atoms. The Kier molecular flexibility index (Phi) is 4.06. The quantitative estimate of drug-likeness (QED) is 0.940. The van der Waals surface area contributed by atoms with E-state index in [9.17, 15) is 4.79 Å². The molecule has 0 unspecified atom stereocenters. The molecule has 0 atom stereocenters. The van der Waals surface area contributed by atoms with Gasteiger partial charge in [0.1, 0.15) is 0 Å². The van der Waals surface area contributed by atoms with Gasteiger partial charge in [0.25, 0.3) is 5.91 Å². The number of hydrogen-bond donors (Lipinski definition) is 1. The Hall–Kier alpha value is -2.07. The van der Waals surface area contributed by atoms with Gasteiger partial charge in [-0.05, 0) is 55.2 Å². The van der Waals surface area contributed by atoms with Crippen LogP contribution in [-0.2, 0) is 0 Å². The molecule has 110 valence electrons. The van der Waals surface area contributed by atoms with Crippen LogP contribution in [0.3, 0.4) is 0 Å². The molecule has 3 rings (SSSR count). The Balaban J connectivity index is 1.68. The van der Waals surface area contributed by atoms with Crippen molar-refractivity contribution >= 4 is 5.91 Å². The lowest BCUT2D eigenvalue weighted by atomic mass is 9.97. The number of aliphatic hydroxyl groups is 1. The lowest BCUT2D eigenvalue weighted by Gasteiger charge is -2.31. The van der Waals surface area contributed by atoms with E-state index < -0.39 is 0 Å². The summed E-state index contributed by atoms with van der Waals surface area (Å²) in [6.45, 7) is 1.71. The Bertz CT molecular complexity index is 582. The maximum absolute atomic E-state index is 12.4. The zero-order valence-corrected chi connectivity index (χ0v) is 12.0. The minimum Gasteiger partial charge on any atom is -0.396 e. The average molecular weight is 284 g/mol. The number of carbonyl (C=O) groups is 1. The van der Waals surface area contributed by atoms with Gasteiger partial charge in [0.15, 0.2) is 0 Å². The number of rotatable bonds is 3. The fraction of sp³-hybridized carbons (Fsp3) is 0.353. The summed E-state index contributed by atoms with van der Waals surface area (Å²) in [5.41, 5.74) is 1.78. The normalized spacial score (nSPS) is 16.1. The van der Waals surface area contributed by atoms with Crippen molar-refractivity contribution in [2.75, 3.05) is 19.7 Å². The largest absolute Gasteiger partial charge is 0.396 e. The summed E-state index contributed by atoms with van der Waals surface area (Å²) in [7, 11) is 0. The molecule has 1 aromatic carbocycles. The van der Waals surface area contributed by atoms with Gasteiger partial charge < -0.3 is 14.6 Å². The van der Waals surface area contributed by atoms with Crippen LogP contribution in [0.2, 0.25) is 0 Å². The van der Waals surface area contributed by atoms with E-state index in [-0.39, 0.29) is 12.5 Å². The highest BCUT2D eigenvalue weighted by Gasteiger charge is 2.23. The molecule has 1 amide bonds. The molecule has 0 aliphatic carbocycles. The molecule has 21 heavy (non-hydrogen) atoms. The van der Waals surface area contributed by atoms with Crippen molar-refractivity contribution in [3.63, 3.8) is 0 Å². The van der Waals surface area contributed by atoms with Gasteiger partial charge in [-0.1, -0.05) is 0 Å². The van der Waals surface area contributed by atoms with E-state index in [1.165, 1.54) is 0 Å². The van der Waals surface area contributed by atoms with E-state index in [0.29, 0.717) is 5.92 Å². The van der Waals surface area contributed by atoms with Crippen molar-refractivity contribution in [3.8, 4) is 5.69 Å². The summed E-state index contributed by atoms with van der Waals surface area (Å²) in [4.78, 5) is 14.3. The van der Waals surface area contributed by atoms with Crippen LogP contribution in [0.5, 0.6) is 0 Å². The highest BCUT2D eigenvalue weighted by molar-refractivity contribution is 5.94. The summed E-state index contributed by atoms with van der Waals surface area (Å²) in [5.74, 6) is 0.440. The molecule has 2 heterocycles. The predicted molar refractivity (Wildman–Crippen MR) is 81.5 cm³/mol.